The third-order valence-corrected chi connectivity index (χ3v) is 4.26. The molecule has 0 saturated heterocycles. The van der Waals surface area contributed by atoms with Gasteiger partial charge < -0.3 is 25.2 Å². The number of aliphatic hydroxyl groups is 1. The molecule has 27 heavy (non-hydrogen) atoms. The normalized spacial score (nSPS) is 12.1. The molecule has 0 aromatic heterocycles. The molecule has 0 fully saturated rings. The molecule has 6 nitrogen and oxygen atoms in total. The quantitative estimate of drug-likeness (QED) is 0.237. The van der Waals surface area contributed by atoms with Crippen LogP contribution in [0.25, 0.3) is 0 Å². The summed E-state index contributed by atoms with van der Waals surface area (Å²) in [6, 6.07) is 5.83. The van der Waals surface area contributed by atoms with Crippen molar-refractivity contribution >= 4 is 29.9 Å². The minimum Gasteiger partial charge on any atom is -0.497 e. The Balaban J connectivity index is 0.00000676. The van der Waals surface area contributed by atoms with Crippen molar-refractivity contribution in [1.29, 1.82) is 0 Å². The molecular formula is C20H36IN3O3. The third kappa shape index (κ3) is 10.0. The highest BCUT2D eigenvalue weighted by Crippen LogP contribution is 2.24. The number of guanidine groups is 1. The summed E-state index contributed by atoms with van der Waals surface area (Å²) in [5.74, 6) is 2.93. The lowest BCUT2D eigenvalue weighted by Gasteiger charge is -2.16. The van der Waals surface area contributed by atoms with Crippen molar-refractivity contribution < 1.29 is 14.6 Å². The van der Waals surface area contributed by atoms with E-state index >= 15 is 0 Å². The van der Waals surface area contributed by atoms with Crippen LogP contribution in [0.4, 0.5) is 0 Å². The van der Waals surface area contributed by atoms with Gasteiger partial charge in [0, 0.05) is 26.2 Å². The summed E-state index contributed by atoms with van der Waals surface area (Å²) in [6.07, 6.45) is 3.81. The maximum Gasteiger partial charge on any atom is 0.191 e. The first-order chi connectivity index (χ1) is 12.7. The van der Waals surface area contributed by atoms with Crippen molar-refractivity contribution in [2.45, 2.75) is 39.5 Å². The van der Waals surface area contributed by atoms with Crippen LogP contribution < -0.4 is 20.1 Å². The van der Waals surface area contributed by atoms with Crippen LogP contribution in [0.3, 0.4) is 0 Å². The van der Waals surface area contributed by atoms with Crippen LogP contribution in [-0.2, 0) is 6.42 Å². The third-order valence-electron chi connectivity index (χ3n) is 4.26. The maximum atomic E-state index is 9.19. The van der Waals surface area contributed by atoms with Crippen LogP contribution in [0.5, 0.6) is 11.5 Å². The number of aliphatic imine (C=N–C) groups is 1. The second-order valence-corrected chi connectivity index (χ2v) is 6.24. The average molecular weight is 493 g/mol. The summed E-state index contributed by atoms with van der Waals surface area (Å²) in [4.78, 5) is 4.69. The molecule has 1 unspecified atom stereocenters. The van der Waals surface area contributed by atoms with Crippen molar-refractivity contribution in [3.8, 4) is 11.5 Å². The first-order valence-corrected chi connectivity index (χ1v) is 9.52. The SMILES string of the molecule is CCCC(CCO)CN=C(NCC)NCCc1cc(OC)ccc1OC.I. The maximum absolute atomic E-state index is 9.19. The van der Waals surface area contributed by atoms with E-state index < -0.39 is 0 Å². The van der Waals surface area contributed by atoms with Crippen LogP contribution in [0, 0.1) is 5.92 Å². The molecule has 0 aliphatic heterocycles. The molecule has 156 valence electrons. The summed E-state index contributed by atoms with van der Waals surface area (Å²) >= 11 is 0. The van der Waals surface area contributed by atoms with Gasteiger partial charge >= 0.3 is 0 Å². The molecule has 0 amide bonds. The van der Waals surface area contributed by atoms with Gasteiger partial charge in [-0.05, 0) is 55.9 Å². The number of hydrogen-bond acceptors (Lipinski definition) is 4. The molecule has 7 heteroatoms. The van der Waals surface area contributed by atoms with Gasteiger partial charge in [0.25, 0.3) is 0 Å². The predicted octanol–water partition coefficient (Wildman–Crippen LogP) is 3.22. The zero-order chi connectivity index (χ0) is 19.2. The number of halogens is 1. The van der Waals surface area contributed by atoms with Gasteiger partial charge in [0.15, 0.2) is 5.96 Å². The highest BCUT2D eigenvalue weighted by Gasteiger charge is 2.08. The summed E-state index contributed by atoms with van der Waals surface area (Å²) in [6.45, 7) is 6.73. The fourth-order valence-corrected chi connectivity index (χ4v) is 2.87. The second kappa shape index (κ2) is 15.8. The van der Waals surface area contributed by atoms with E-state index in [1.807, 2.05) is 18.2 Å². The van der Waals surface area contributed by atoms with Crippen LogP contribution >= 0.6 is 24.0 Å². The fraction of sp³-hybridized carbons (Fsp3) is 0.650. The first kappa shape index (κ1) is 25.8. The molecule has 1 atom stereocenters. The first-order valence-electron chi connectivity index (χ1n) is 9.52. The Morgan fingerprint density at radius 3 is 2.52 bits per heavy atom. The lowest BCUT2D eigenvalue weighted by atomic mass is 10.0. The van der Waals surface area contributed by atoms with E-state index in [2.05, 4.69) is 29.5 Å². The lowest BCUT2D eigenvalue weighted by Crippen LogP contribution is -2.38. The Morgan fingerprint density at radius 1 is 1.15 bits per heavy atom. The number of benzene rings is 1. The molecule has 0 radical (unpaired) electrons. The van der Waals surface area contributed by atoms with Gasteiger partial charge in [-0.15, -0.1) is 24.0 Å². The molecule has 0 saturated carbocycles. The van der Waals surface area contributed by atoms with Crippen LogP contribution in [0.2, 0.25) is 0 Å². The largest absolute Gasteiger partial charge is 0.497 e. The zero-order valence-corrected chi connectivity index (χ0v) is 19.4. The van der Waals surface area contributed by atoms with E-state index in [4.69, 9.17) is 9.47 Å². The second-order valence-electron chi connectivity index (χ2n) is 6.24. The highest BCUT2D eigenvalue weighted by atomic mass is 127. The van der Waals surface area contributed by atoms with Gasteiger partial charge in [0.05, 0.1) is 14.2 Å². The van der Waals surface area contributed by atoms with Gasteiger partial charge in [0.2, 0.25) is 0 Å². The summed E-state index contributed by atoms with van der Waals surface area (Å²) in [5.41, 5.74) is 1.10. The average Bonchev–Trinajstić information content (AvgIpc) is 2.66. The number of ether oxygens (including phenoxy) is 2. The van der Waals surface area contributed by atoms with E-state index in [0.29, 0.717) is 5.92 Å². The van der Waals surface area contributed by atoms with E-state index in [0.717, 1.165) is 68.3 Å². The minimum absolute atomic E-state index is 0. The molecule has 1 aromatic rings. The van der Waals surface area contributed by atoms with E-state index in [1.165, 1.54) is 0 Å². The van der Waals surface area contributed by atoms with Crippen LogP contribution in [0.15, 0.2) is 23.2 Å². The van der Waals surface area contributed by atoms with E-state index in [1.54, 1.807) is 14.2 Å². The molecule has 1 rings (SSSR count). The van der Waals surface area contributed by atoms with Crippen molar-refractivity contribution in [1.82, 2.24) is 10.6 Å². The minimum atomic E-state index is 0. The Kier molecular flexibility index (Phi) is 15.1. The number of nitrogens with zero attached hydrogens (tertiary/aromatic N) is 1. The molecule has 0 heterocycles. The molecular weight excluding hydrogens is 457 g/mol. The van der Waals surface area contributed by atoms with Crippen molar-refractivity contribution in [3.05, 3.63) is 23.8 Å². The number of nitrogens with one attached hydrogen (secondary N) is 2. The monoisotopic (exact) mass is 493 g/mol. The molecule has 3 N–H and O–H groups in total. The topological polar surface area (TPSA) is 75.1 Å². The number of rotatable bonds is 12. The summed E-state index contributed by atoms with van der Waals surface area (Å²) in [7, 11) is 3.35. The van der Waals surface area contributed by atoms with Gasteiger partial charge in [-0.1, -0.05) is 13.3 Å². The number of methoxy groups -OCH3 is 2. The van der Waals surface area contributed by atoms with Crippen LogP contribution in [-0.4, -0.2) is 51.5 Å². The highest BCUT2D eigenvalue weighted by molar-refractivity contribution is 14.0. The lowest BCUT2D eigenvalue weighted by molar-refractivity contribution is 0.253. The Morgan fingerprint density at radius 2 is 1.93 bits per heavy atom. The van der Waals surface area contributed by atoms with Gasteiger partial charge in [-0.2, -0.15) is 0 Å². The van der Waals surface area contributed by atoms with Crippen molar-refractivity contribution in [3.63, 3.8) is 0 Å². The van der Waals surface area contributed by atoms with Crippen molar-refractivity contribution in [2.24, 2.45) is 10.9 Å². The Hall–Kier alpha value is -1.22. The Labute approximate surface area is 181 Å². The van der Waals surface area contributed by atoms with Crippen molar-refractivity contribution in [2.75, 3.05) is 40.5 Å². The molecule has 0 aliphatic rings. The zero-order valence-electron chi connectivity index (χ0n) is 17.1. The Bertz CT molecular complexity index is 535. The number of aliphatic hydroxyl groups excluding tert-OH is 1. The summed E-state index contributed by atoms with van der Waals surface area (Å²) < 4.78 is 10.7. The van der Waals surface area contributed by atoms with Gasteiger partial charge in [-0.25, -0.2) is 0 Å². The predicted molar refractivity (Wildman–Crippen MR) is 123 cm³/mol. The van der Waals surface area contributed by atoms with E-state index in [9.17, 15) is 5.11 Å². The van der Waals surface area contributed by atoms with Crippen LogP contribution in [0.1, 0.15) is 38.7 Å². The molecule has 0 spiro atoms. The molecule has 0 aliphatic carbocycles. The standard InChI is InChI=1S/C20H35N3O3.HI/c1-5-7-16(11-13-24)15-23-20(21-6-2)22-12-10-17-14-18(25-3)8-9-19(17)26-4;/h8-9,14,16,24H,5-7,10-13,15H2,1-4H3,(H2,21,22,23);1H. The smallest absolute Gasteiger partial charge is 0.191 e. The van der Waals surface area contributed by atoms with Gasteiger partial charge in [-0.3, -0.25) is 4.99 Å². The van der Waals surface area contributed by atoms with Gasteiger partial charge in [0.1, 0.15) is 11.5 Å². The van der Waals surface area contributed by atoms with E-state index in [-0.39, 0.29) is 30.6 Å². The molecule has 1 aromatic carbocycles. The summed E-state index contributed by atoms with van der Waals surface area (Å²) in [5, 5.41) is 15.8. The fourth-order valence-electron chi connectivity index (χ4n) is 2.87. The number of hydrogen-bond donors (Lipinski definition) is 3. The molecule has 0 bridgehead atoms.